The minimum absolute atomic E-state index is 0.0649. The first kappa shape index (κ1) is 17.6. The van der Waals surface area contributed by atoms with E-state index in [1.807, 2.05) is 66.9 Å². The molecule has 2 aromatic heterocycles. The number of nitrogens with zero attached hydrogens (tertiary/aromatic N) is 2. The van der Waals surface area contributed by atoms with Gasteiger partial charge in [-0.1, -0.05) is 30.0 Å². The van der Waals surface area contributed by atoms with Gasteiger partial charge in [0, 0.05) is 16.6 Å². The molecule has 0 spiro atoms. The van der Waals surface area contributed by atoms with Gasteiger partial charge in [0.1, 0.15) is 10.6 Å². The Morgan fingerprint density at radius 1 is 1.11 bits per heavy atom. The van der Waals surface area contributed by atoms with Crippen molar-refractivity contribution in [3.8, 4) is 22.7 Å². The Bertz CT molecular complexity index is 1110. The molecule has 0 bridgehead atoms. The van der Waals surface area contributed by atoms with Gasteiger partial charge in [0.2, 0.25) is 0 Å². The number of hydrogen-bond donors (Lipinski definition) is 1. The molecule has 0 atom stereocenters. The quantitative estimate of drug-likeness (QED) is 0.529. The van der Waals surface area contributed by atoms with Crippen molar-refractivity contribution in [2.75, 3.05) is 7.11 Å². The van der Waals surface area contributed by atoms with E-state index in [0.29, 0.717) is 4.90 Å². The number of rotatable bonds is 5. The molecular formula is C20H17N3O2S2. The molecule has 0 unspecified atom stereocenters. The molecule has 0 fully saturated rings. The molecule has 0 amide bonds. The van der Waals surface area contributed by atoms with Gasteiger partial charge in [-0.15, -0.1) is 11.3 Å². The Morgan fingerprint density at radius 3 is 2.56 bits per heavy atom. The number of nitrogens with one attached hydrogen (secondary N) is 1. The Labute approximate surface area is 164 Å². The highest BCUT2D eigenvalue weighted by molar-refractivity contribution is 8.01. The lowest BCUT2D eigenvalue weighted by Crippen LogP contribution is -2.15. The summed E-state index contributed by atoms with van der Waals surface area (Å²) in [7, 11) is 1.65. The van der Waals surface area contributed by atoms with Crippen molar-refractivity contribution in [2.24, 2.45) is 0 Å². The summed E-state index contributed by atoms with van der Waals surface area (Å²) >= 11 is 2.93. The number of ether oxygens (including phenoxy) is 1. The molecule has 0 saturated carbocycles. The Kier molecular flexibility index (Phi) is 4.87. The van der Waals surface area contributed by atoms with E-state index in [1.165, 1.54) is 23.1 Å². The van der Waals surface area contributed by atoms with Gasteiger partial charge in [-0.25, -0.2) is 9.67 Å². The normalized spacial score (nSPS) is 10.9. The zero-order valence-electron chi connectivity index (χ0n) is 14.8. The highest BCUT2D eigenvalue weighted by atomic mass is 32.2. The summed E-state index contributed by atoms with van der Waals surface area (Å²) in [6.07, 6.45) is 0. The lowest BCUT2D eigenvalue weighted by Gasteiger charge is -2.00. The van der Waals surface area contributed by atoms with Crippen molar-refractivity contribution in [3.05, 3.63) is 76.0 Å². The topological polar surface area (TPSA) is 59.9 Å². The molecular weight excluding hydrogens is 378 g/mol. The molecule has 0 radical (unpaired) electrons. The summed E-state index contributed by atoms with van der Waals surface area (Å²) in [6.45, 7) is 1.90. The minimum Gasteiger partial charge on any atom is -0.497 e. The van der Waals surface area contributed by atoms with Crippen molar-refractivity contribution in [3.63, 3.8) is 0 Å². The molecule has 2 heterocycles. The fraction of sp³-hybridized carbons (Fsp3) is 0.100. The Hall–Kier alpha value is -2.77. The maximum Gasteiger partial charge on any atom is 0.285 e. The van der Waals surface area contributed by atoms with E-state index in [1.54, 1.807) is 11.8 Å². The molecule has 4 aromatic rings. The monoisotopic (exact) mass is 395 g/mol. The van der Waals surface area contributed by atoms with Crippen LogP contribution in [0.25, 0.3) is 16.9 Å². The summed E-state index contributed by atoms with van der Waals surface area (Å²) < 4.78 is 7.59. The zero-order chi connectivity index (χ0) is 18.8. The highest BCUT2D eigenvalue weighted by Gasteiger charge is 2.16. The van der Waals surface area contributed by atoms with E-state index in [-0.39, 0.29) is 5.56 Å². The summed E-state index contributed by atoms with van der Waals surface area (Å²) in [6, 6.07) is 17.3. The second-order valence-corrected chi connectivity index (χ2v) is 7.99. The van der Waals surface area contributed by atoms with E-state index in [2.05, 4.69) is 10.1 Å². The number of aromatic nitrogens is 3. The first-order chi connectivity index (χ1) is 13.2. The minimum atomic E-state index is -0.0649. The number of benzene rings is 2. The first-order valence-electron chi connectivity index (χ1n) is 8.30. The van der Waals surface area contributed by atoms with Crippen LogP contribution in [0.15, 0.2) is 74.0 Å². The van der Waals surface area contributed by atoms with E-state index in [0.717, 1.165) is 32.7 Å². The summed E-state index contributed by atoms with van der Waals surface area (Å²) in [5, 5.41) is 5.15. The number of aryl methyl sites for hydroxylation is 1. The molecule has 0 aliphatic carbocycles. The summed E-state index contributed by atoms with van der Waals surface area (Å²) in [5.41, 5.74) is 3.49. The van der Waals surface area contributed by atoms with Crippen LogP contribution in [0.3, 0.4) is 0 Å². The first-order valence-corrected chi connectivity index (χ1v) is 10.00. The van der Waals surface area contributed by atoms with Crippen molar-refractivity contribution in [1.82, 2.24) is 14.8 Å². The number of methoxy groups -OCH3 is 1. The van der Waals surface area contributed by atoms with Gasteiger partial charge in [0.05, 0.1) is 18.5 Å². The molecule has 5 nitrogen and oxygen atoms in total. The molecule has 2 aromatic carbocycles. The van der Waals surface area contributed by atoms with Crippen LogP contribution >= 0.6 is 23.1 Å². The summed E-state index contributed by atoms with van der Waals surface area (Å²) in [4.78, 5) is 18.2. The van der Waals surface area contributed by atoms with E-state index < -0.39 is 0 Å². The van der Waals surface area contributed by atoms with E-state index >= 15 is 0 Å². The average Bonchev–Trinajstić information content (AvgIpc) is 3.29. The van der Waals surface area contributed by atoms with Crippen molar-refractivity contribution in [2.45, 2.75) is 16.2 Å². The predicted molar refractivity (Wildman–Crippen MR) is 109 cm³/mol. The number of thiazole rings is 1. The highest BCUT2D eigenvalue weighted by Crippen LogP contribution is 2.33. The van der Waals surface area contributed by atoms with Gasteiger partial charge >= 0.3 is 0 Å². The van der Waals surface area contributed by atoms with Crippen LogP contribution in [0, 0.1) is 6.92 Å². The van der Waals surface area contributed by atoms with Gasteiger partial charge in [-0.05, 0) is 43.3 Å². The number of hydrogen-bond acceptors (Lipinski definition) is 5. The van der Waals surface area contributed by atoms with Crippen LogP contribution in [0.4, 0.5) is 0 Å². The standard InChI is InChI=1S/C20H17N3O2S2/c1-13-18(19(24)23(22-13)15-6-4-3-5-7-15)27-20-21-17(12-26-20)14-8-10-16(25-2)11-9-14/h3-12,22H,1-2H3. The third kappa shape index (κ3) is 3.56. The molecule has 0 saturated heterocycles. The molecule has 1 N–H and O–H groups in total. The smallest absolute Gasteiger partial charge is 0.285 e. The van der Waals surface area contributed by atoms with Crippen LogP contribution in [0.5, 0.6) is 5.75 Å². The molecule has 27 heavy (non-hydrogen) atoms. The third-order valence-electron chi connectivity index (χ3n) is 4.09. The van der Waals surface area contributed by atoms with E-state index in [9.17, 15) is 4.79 Å². The SMILES string of the molecule is COc1ccc(-c2csc(Sc3c(C)[nH]n(-c4ccccc4)c3=O)n2)cc1. The van der Waals surface area contributed by atoms with Crippen LogP contribution in [0.1, 0.15) is 5.69 Å². The third-order valence-corrected chi connectivity index (χ3v) is 6.21. The fourth-order valence-corrected chi connectivity index (χ4v) is 4.53. The molecule has 136 valence electrons. The van der Waals surface area contributed by atoms with Crippen molar-refractivity contribution in [1.29, 1.82) is 0 Å². The number of H-pyrrole nitrogens is 1. The van der Waals surface area contributed by atoms with Crippen molar-refractivity contribution < 1.29 is 4.74 Å². The Balaban J connectivity index is 1.61. The van der Waals surface area contributed by atoms with Crippen LogP contribution in [-0.2, 0) is 0 Å². The van der Waals surface area contributed by atoms with Gasteiger partial charge < -0.3 is 4.74 Å². The second-order valence-electron chi connectivity index (χ2n) is 5.87. The maximum atomic E-state index is 12.8. The number of para-hydroxylation sites is 1. The van der Waals surface area contributed by atoms with Crippen molar-refractivity contribution >= 4 is 23.1 Å². The van der Waals surface area contributed by atoms with Gasteiger partial charge in [0.15, 0.2) is 4.34 Å². The molecule has 0 aliphatic rings. The fourth-order valence-electron chi connectivity index (χ4n) is 2.70. The second kappa shape index (κ2) is 7.46. The van der Waals surface area contributed by atoms with Gasteiger partial charge in [-0.2, -0.15) is 0 Å². The van der Waals surface area contributed by atoms with Crippen LogP contribution in [0.2, 0.25) is 0 Å². The molecule has 0 aliphatic heterocycles. The van der Waals surface area contributed by atoms with Crippen LogP contribution in [-0.4, -0.2) is 21.9 Å². The Morgan fingerprint density at radius 2 is 1.85 bits per heavy atom. The lowest BCUT2D eigenvalue weighted by molar-refractivity contribution is 0.415. The number of aromatic amines is 1. The zero-order valence-corrected chi connectivity index (χ0v) is 16.4. The van der Waals surface area contributed by atoms with Gasteiger partial charge in [0.25, 0.3) is 5.56 Å². The lowest BCUT2D eigenvalue weighted by atomic mass is 10.2. The molecule has 7 heteroatoms. The van der Waals surface area contributed by atoms with E-state index in [4.69, 9.17) is 4.74 Å². The summed E-state index contributed by atoms with van der Waals surface area (Å²) in [5.74, 6) is 0.813. The predicted octanol–water partition coefficient (Wildman–Crippen LogP) is 4.76. The van der Waals surface area contributed by atoms with Gasteiger partial charge in [-0.3, -0.25) is 9.89 Å². The average molecular weight is 396 g/mol. The van der Waals surface area contributed by atoms with Crippen LogP contribution < -0.4 is 10.3 Å². The largest absolute Gasteiger partial charge is 0.497 e. The maximum absolute atomic E-state index is 12.8. The molecule has 4 rings (SSSR count).